The number of carbonyl (C=O) groups is 1. The van der Waals surface area contributed by atoms with Crippen molar-refractivity contribution in [2.75, 3.05) is 5.32 Å². The Kier molecular flexibility index (Phi) is 4.35. The van der Waals surface area contributed by atoms with Gasteiger partial charge in [-0.2, -0.15) is 0 Å². The first-order chi connectivity index (χ1) is 9.47. The topological polar surface area (TPSA) is 92.5 Å². The van der Waals surface area contributed by atoms with Gasteiger partial charge in [-0.1, -0.05) is 0 Å². The van der Waals surface area contributed by atoms with Gasteiger partial charge >= 0.3 is 5.97 Å². The summed E-state index contributed by atoms with van der Waals surface area (Å²) in [6.45, 7) is 0.521. The number of nitrogens with one attached hydrogen (secondary N) is 1. The van der Waals surface area contributed by atoms with Gasteiger partial charge in [0.1, 0.15) is 5.56 Å². The summed E-state index contributed by atoms with van der Waals surface area (Å²) in [5, 5.41) is 24.7. The Morgan fingerprint density at radius 2 is 2.20 bits per heavy atom. The molecule has 1 heterocycles. The summed E-state index contributed by atoms with van der Waals surface area (Å²) in [6.07, 6.45) is 0. The monoisotopic (exact) mass is 356 g/mol. The second-order valence-electron chi connectivity index (χ2n) is 3.88. The molecule has 0 aliphatic rings. The minimum absolute atomic E-state index is 0.327. The van der Waals surface area contributed by atoms with Crippen LogP contribution in [-0.4, -0.2) is 16.0 Å². The predicted octanol–water partition coefficient (Wildman–Crippen LogP) is 3.73. The van der Waals surface area contributed by atoms with Crippen molar-refractivity contribution < 1.29 is 14.8 Å². The number of carboxylic acids is 1. The average molecular weight is 357 g/mol. The van der Waals surface area contributed by atoms with Crippen LogP contribution >= 0.6 is 27.3 Å². The summed E-state index contributed by atoms with van der Waals surface area (Å²) in [6, 6.07) is 5.90. The highest BCUT2D eigenvalue weighted by molar-refractivity contribution is 9.10. The largest absolute Gasteiger partial charge is 0.477 e. The molecule has 0 radical (unpaired) electrons. The Morgan fingerprint density at radius 3 is 2.75 bits per heavy atom. The molecule has 0 amide bonds. The van der Waals surface area contributed by atoms with Crippen LogP contribution in [0.5, 0.6) is 0 Å². The number of nitro benzene ring substituents is 1. The molecule has 0 atom stereocenters. The Labute approximate surface area is 126 Å². The number of hydrogen-bond donors (Lipinski definition) is 2. The van der Waals surface area contributed by atoms with Gasteiger partial charge in [-0.05, 0) is 34.1 Å². The molecule has 2 N–H and O–H groups in total. The van der Waals surface area contributed by atoms with E-state index in [2.05, 4.69) is 21.2 Å². The summed E-state index contributed by atoms with van der Waals surface area (Å²) in [4.78, 5) is 22.1. The minimum Gasteiger partial charge on any atom is -0.477 e. The third-order valence-corrected chi connectivity index (χ3v) is 4.21. The molecule has 0 bridgehead atoms. The summed E-state index contributed by atoms with van der Waals surface area (Å²) in [5.41, 5.74) is -0.216. The fourth-order valence-electron chi connectivity index (χ4n) is 1.61. The molecule has 1 aromatic heterocycles. The van der Waals surface area contributed by atoms with E-state index in [1.807, 2.05) is 11.4 Å². The van der Waals surface area contributed by atoms with E-state index < -0.39 is 16.6 Å². The highest BCUT2D eigenvalue weighted by atomic mass is 79.9. The zero-order valence-corrected chi connectivity index (χ0v) is 12.4. The van der Waals surface area contributed by atoms with Crippen molar-refractivity contribution in [3.05, 3.63) is 54.7 Å². The molecule has 0 aliphatic heterocycles. The van der Waals surface area contributed by atoms with Crippen LogP contribution in [0.25, 0.3) is 0 Å². The first-order valence-corrected chi connectivity index (χ1v) is 7.13. The molecular weight excluding hydrogens is 348 g/mol. The number of nitrogens with zero attached hydrogens (tertiary/aromatic N) is 1. The second-order valence-corrected chi connectivity index (χ2v) is 5.79. The summed E-state index contributed by atoms with van der Waals surface area (Å²) < 4.78 is 0.981. The lowest BCUT2D eigenvalue weighted by molar-refractivity contribution is -0.385. The highest BCUT2D eigenvalue weighted by Gasteiger charge is 2.19. The van der Waals surface area contributed by atoms with Crippen molar-refractivity contribution >= 4 is 44.6 Å². The normalized spacial score (nSPS) is 10.2. The van der Waals surface area contributed by atoms with Gasteiger partial charge < -0.3 is 10.4 Å². The molecule has 8 heteroatoms. The van der Waals surface area contributed by atoms with Gasteiger partial charge in [-0.25, -0.2) is 4.79 Å². The summed E-state index contributed by atoms with van der Waals surface area (Å²) in [5.74, 6) is -1.32. The molecule has 0 saturated heterocycles. The first kappa shape index (κ1) is 14.5. The zero-order valence-electron chi connectivity index (χ0n) is 10.00. The first-order valence-electron chi connectivity index (χ1n) is 5.46. The molecule has 0 unspecified atom stereocenters. The average Bonchev–Trinajstić information content (AvgIpc) is 2.81. The van der Waals surface area contributed by atoms with Crippen molar-refractivity contribution in [1.82, 2.24) is 0 Å². The SMILES string of the molecule is O=C(O)c1cc(NCc2cc(Br)cs2)ccc1[N+](=O)[O-]. The predicted molar refractivity (Wildman–Crippen MR) is 79.4 cm³/mol. The van der Waals surface area contributed by atoms with E-state index in [1.54, 1.807) is 11.3 Å². The van der Waals surface area contributed by atoms with Gasteiger partial charge in [0.2, 0.25) is 0 Å². The summed E-state index contributed by atoms with van der Waals surface area (Å²) >= 11 is 4.90. The molecule has 2 aromatic rings. The van der Waals surface area contributed by atoms with E-state index in [0.29, 0.717) is 12.2 Å². The Balaban J connectivity index is 2.18. The van der Waals surface area contributed by atoms with Gasteiger partial charge in [0.25, 0.3) is 5.69 Å². The molecule has 1 aromatic carbocycles. The Morgan fingerprint density at radius 1 is 1.45 bits per heavy atom. The maximum Gasteiger partial charge on any atom is 0.342 e. The third kappa shape index (κ3) is 3.34. The van der Waals surface area contributed by atoms with Gasteiger partial charge in [0.15, 0.2) is 0 Å². The van der Waals surface area contributed by atoms with E-state index in [-0.39, 0.29) is 5.56 Å². The van der Waals surface area contributed by atoms with Crippen molar-refractivity contribution in [2.45, 2.75) is 6.54 Å². The van der Waals surface area contributed by atoms with E-state index in [4.69, 9.17) is 5.11 Å². The number of carboxylic acid groups (broad SMARTS) is 1. The van der Waals surface area contributed by atoms with Crippen LogP contribution in [0, 0.1) is 10.1 Å². The smallest absolute Gasteiger partial charge is 0.342 e. The standard InChI is InChI=1S/C12H9BrN2O4S/c13-7-3-9(20-6-7)5-14-8-1-2-11(15(18)19)10(4-8)12(16)17/h1-4,6,14H,5H2,(H,16,17). The van der Waals surface area contributed by atoms with Crippen molar-refractivity contribution in [3.63, 3.8) is 0 Å². The fraction of sp³-hybridized carbons (Fsp3) is 0.0833. The lowest BCUT2D eigenvalue weighted by Crippen LogP contribution is -2.05. The van der Waals surface area contributed by atoms with Gasteiger partial charge in [0.05, 0.1) is 4.92 Å². The maximum atomic E-state index is 11.0. The minimum atomic E-state index is -1.32. The van der Waals surface area contributed by atoms with Gasteiger partial charge in [-0.3, -0.25) is 10.1 Å². The number of anilines is 1. The lowest BCUT2D eigenvalue weighted by atomic mass is 10.1. The number of nitro groups is 1. The molecular formula is C12H9BrN2O4S. The van der Waals surface area contributed by atoms with Gasteiger partial charge in [0, 0.05) is 33.0 Å². The van der Waals surface area contributed by atoms with Crippen LogP contribution < -0.4 is 5.32 Å². The second kappa shape index (κ2) is 6.02. The lowest BCUT2D eigenvalue weighted by Gasteiger charge is -2.06. The molecule has 0 aliphatic carbocycles. The molecule has 20 heavy (non-hydrogen) atoms. The van der Waals surface area contributed by atoms with E-state index >= 15 is 0 Å². The van der Waals surface area contributed by atoms with E-state index in [9.17, 15) is 14.9 Å². The third-order valence-electron chi connectivity index (χ3n) is 2.51. The molecule has 0 saturated carbocycles. The molecule has 0 fully saturated rings. The van der Waals surface area contributed by atoms with Crippen LogP contribution in [0.15, 0.2) is 34.1 Å². The van der Waals surface area contributed by atoms with E-state index in [1.165, 1.54) is 18.2 Å². The quantitative estimate of drug-likeness (QED) is 0.628. The van der Waals surface area contributed by atoms with Crippen molar-refractivity contribution in [2.24, 2.45) is 0 Å². The van der Waals surface area contributed by atoms with Crippen molar-refractivity contribution in [1.29, 1.82) is 0 Å². The summed E-state index contributed by atoms with van der Waals surface area (Å²) in [7, 11) is 0. The van der Waals surface area contributed by atoms with Crippen LogP contribution in [0.4, 0.5) is 11.4 Å². The van der Waals surface area contributed by atoms with Crippen LogP contribution in [0.2, 0.25) is 0 Å². The fourth-order valence-corrected chi connectivity index (χ4v) is 3.00. The maximum absolute atomic E-state index is 11.0. The van der Waals surface area contributed by atoms with Crippen LogP contribution in [0.1, 0.15) is 15.2 Å². The Hall–Kier alpha value is -1.93. The number of rotatable bonds is 5. The number of hydrogen-bond acceptors (Lipinski definition) is 5. The molecule has 6 nitrogen and oxygen atoms in total. The van der Waals surface area contributed by atoms with E-state index in [0.717, 1.165) is 9.35 Å². The van der Waals surface area contributed by atoms with Gasteiger partial charge in [-0.15, -0.1) is 11.3 Å². The van der Waals surface area contributed by atoms with Crippen molar-refractivity contribution in [3.8, 4) is 0 Å². The number of thiophene rings is 1. The zero-order chi connectivity index (χ0) is 14.7. The van der Waals surface area contributed by atoms with Crippen LogP contribution in [-0.2, 0) is 6.54 Å². The number of benzene rings is 1. The highest BCUT2D eigenvalue weighted by Crippen LogP contribution is 2.24. The molecule has 0 spiro atoms. The Bertz CT molecular complexity index is 671. The molecule has 2 rings (SSSR count). The number of halogens is 1. The number of aromatic carboxylic acids is 1. The van der Waals surface area contributed by atoms with Crippen LogP contribution in [0.3, 0.4) is 0 Å². The molecule has 104 valence electrons.